The minimum Gasteiger partial charge on any atom is -0.481 e. The number of ketones is 2. The first-order chi connectivity index (χ1) is 38.3. The number of carbonyl (C=O) groups excluding carboxylic acids is 7. The Balaban J connectivity index is 3.95. The molecule has 0 spiro atoms. The van der Waals surface area contributed by atoms with E-state index in [1.54, 1.807) is 6.92 Å². The zero-order valence-electron chi connectivity index (χ0n) is 47.8. The largest absolute Gasteiger partial charge is 0.481 e. The van der Waals surface area contributed by atoms with Crippen molar-refractivity contribution in [2.45, 2.75) is 206 Å². The number of hydrogen-bond donors (Lipinski definition) is 9. The van der Waals surface area contributed by atoms with Crippen LogP contribution in [-0.4, -0.2) is 170 Å². The highest BCUT2D eigenvalue weighted by Gasteiger charge is 2.25. The van der Waals surface area contributed by atoms with Crippen molar-refractivity contribution in [3.8, 4) is 0 Å². The zero-order chi connectivity index (χ0) is 59.6. The molecule has 460 valence electrons. The van der Waals surface area contributed by atoms with Gasteiger partial charge in [-0.3, -0.25) is 43.2 Å². The summed E-state index contributed by atoms with van der Waals surface area (Å²) in [5.41, 5.74) is 0. The number of ether oxygens (including phenoxy) is 4. The fourth-order valence-electron chi connectivity index (χ4n) is 8.14. The quantitative estimate of drug-likeness (QED) is 0.0360. The number of unbranched alkanes of at least 4 members (excludes halogenated alkanes) is 15. The lowest BCUT2D eigenvalue weighted by atomic mass is 9.97. The number of aliphatic carboxylic acids is 4. The summed E-state index contributed by atoms with van der Waals surface area (Å²) in [7, 11) is 0. The number of nitrogens with one attached hydrogen (secondary N) is 5. The molecule has 0 aromatic heterocycles. The number of rotatable bonds is 57. The average Bonchev–Trinajstić information content (AvgIpc) is 3.40. The van der Waals surface area contributed by atoms with Gasteiger partial charge in [-0.2, -0.15) is 0 Å². The maximum absolute atomic E-state index is 12.5. The minimum absolute atomic E-state index is 0.00847. The molecule has 0 fully saturated rings. The first kappa shape index (κ1) is 74.4. The predicted molar refractivity (Wildman–Crippen MR) is 294 cm³/mol. The lowest BCUT2D eigenvalue weighted by Crippen LogP contribution is -2.41. The van der Waals surface area contributed by atoms with E-state index < -0.39 is 72.5 Å². The molecule has 0 bridgehead atoms. The molecule has 4 atom stereocenters. The third-order valence-corrected chi connectivity index (χ3v) is 13.1. The van der Waals surface area contributed by atoms with Gasteiger partial charge in [-0.15, -0.1) is 0 Å². The Kier molecular flexibility index (Phi) is 46.9. The van der Waals surface area contributed by atoms with Gasteiger partial charge in [-0.05, 0) is 58.3 Å². The molecule has 0 aliphatic rings. The van der Waals surface area contributed by atoms with E-state index >= 15 is 0 Å². The van der Waals surface area contributed by atoms with Crippen molar-refractivity contribution < 1.29 is 92.1 Å². The summed E-state index contributed by atoms with van der Waals surface area (Å²) in [6.45, 7) is 4.20. The van der Waals surface area contributed by atoms with Crippen molar-refractivity contribution in [1.29, 1.82) is 0 Å². The monoisotopic (exact) mass is 1140 g/mol. The van der Waals surface area contributed by atoms with E-state index in [1.807, 2.05) is 6.92 Å². The van der Waals surface area contributed by atoms with E-state index in [2.05, 4.69) is 26.6 Å². The van der Waals surface area contributed by atoms with Crippen molar-refractivity contribution in [3.63, 3.8) is 0 Å². The second-order valence-electron chi connectivity index (χ2n) is 20.2. The predicted octanol–water partition coefficient (Wildman–Crippen LogP) is 5.04. The number of carboxylic acid groups (broad SMARTS) is 4. The molecular formula is C56H97N5O19. The second-order valence-corrected chi connectivity index (χ2v) is 20.2. The highest BCUT2D eigenvalue weighted by molar-refractivity contribution is 5.87. The fourth-order valence-corrected chi connectivity index (χ4v) is 8.14. The Bertz CT molecular complexity index is 1800. The molecule has 0 radical (unpaired) electrons. The van der Waals surface area contributed by atoms with Gasteiger partial charge in [-0.1, -0.05) is 96.8 Å². The van der Waals surface area contributed by atoms with Gasteiger partial charge in [-0.25, -0.2) is 9.59 Å². The molecule has 24 heteroatoms. The Hall–Kier alpha value is -5.59. The summed E-state index contributed by atoms with van der Waals surface area (Å²) >= 11 is 0. The molecule has 9 N–H and O–H groups in total. The van der Waals surface area contributed by atoms with E-state index in [1.165, 1.54) is 32.1 Å². The zero-order valence-corrected chi connectivity index (χ0v) is 47.8. The Morgan fingerprint density at radius 1 is 0.375 bits per heavy atom. The molecule has 0 aromatic carbocycles. The van der Waals surface area contributed by atoms with Gasteiger partial charge in [0, 0.05) is 64.1 Å². The Morgan fingerprint density at radius 2 is 0.787 bits per heavy atom. The van der Waals surface area contributed by atoms with E-state index in [0.717, 1.165) is 70.6 Å². The number of Topliss-reactive ketones (excluding diaryl/α,β-unsaturated/α-hetero) is 2. The van der Waals surface area contributed by atoms with Crippen LogP contribution in [0.25, 0.3) is 0 Å². The number of carbonyl (C=O) groups is 11. The van der Waals surface area contributed by atoms with E-state index in [0.29, 0.717) is 25.8 Å². The SMILES string of the molecule is CC(=O)[C@@H](C)CCCCNC(=O)CCCC[C@H](NC(=O)CC[C@H](CC(=O)COCCOCCNC(=O)COCCOCCNC(=O)CC[C@H](NC(=O)CCCCCCCCCCCCCCCCC(=O)O)C(=O)O)C(=O)O)C(=O)O. The summed E-state index contributed by atoms with van der Waals surface area (Å²) in [6.07, 6.45) is 17.5. The molecule has 0 saturated heterocycles. The van der Waals surface area contributed by atoms with Crippen LogP contribution >= 0.6 is 0 Å². The summed E-state index contributed by atoms with van der Waals surface area (Å²) in [5, 5.41) is 50.3. The third-order valence-electron chi connectivity index (χ3n) is 13.1. The summed E-state index contributed by atoms with van der Waals surface area (Å²) in [4.78, 5) is 131. The molecule has 0 unspecified atom stereocenters. The maximum atomic E-state index is 12.5. The van der Waals surface area contributed by atoms with Crippen LogP contribution in [0.15, 0.2) is 0 Å². The van der Waals surface area contributed by atoms with E-state index in [-0.39, 0.29) is 140 Å². The number of hydrogen-bond acceptors (Lipinski definition) is 15. The highest BCUT2D eigenvalue weighted by Crippen LogP contribution is 2.16. The summed E-state index contributed by atoms with van der Waals surface area (Å²) in [6, 6.07) is -2.40. The number of carboxylic acids is 4. The molecule has 0 aliphatic carbocycles. The van der Waals surface area contributed by atoms with Crippen molar-refractivity contribution in [1.82, 2.24) is 26.6 Å². The standard InChI is InChI=1S/C56H97N5O19/c1-42(43(2)62)21-19-20-30-57-48(64)23-18-17-22-46(55(73)74)60-51(67)28-26-44(54(71)72)39-45(63)40-79-37-35-78-34-32-59-52(68)41-80-38-36-77-33-31-58-49(65)29-27-47(56(75)76)61-50(66)24-15-13-11-9-7-5-3-4-6-8-10-12-14-16-25-53(69)70/h42,44,46-47H,3-41H2,1-2H3,(H,57,64)(H,58,65)(H,59,68)(H,60,67)(H,61,66)(H,69,70)(H,71,72)(H,73,74)(H,75,76)/t42-,44+,46-,47-/m0/s1. The lowest BCUT2D eigenvalue weighted by molar-refractivity contribution is -0.145. The van der Waals surface area contributed by atoms with E-state index in [4.69, 9.17) is 24.1 Å². The fraction of sp³-hybridized carbons (Fsp3) is 0.804. The molecule has 0 heterocycles. The van der Waals surface area contributed by atoms with Crippen LogP contribution in [0.2, 0.25) is 0 Å². The van der Waals surface area contributed by atoms with Crippen molar-refractivity contribution in [2.75, 3.05) is 72.5 Å². The van der Waals surface area contributed by atoms with Gasteiger partial charge in [0.15, 0.2) is 5.78 Å². The van der Waals surface area contributed by atoms with E-state index in [9.17, 15) is 68.1 Å². The Labute approximate surface area is 472 Å². The van der Waals surface area contributed by atoms with Gasteiger partial charge in [0.05, 0.1) is 45.6 Å². The number of amides is 5. The van der Waals surface area contributed by atoms with Crippen LogP contribution in [0.5, 0.6) is 0 Å². The smallest absolute Gasteiger partial charge is 0.326 e. The average molecular weight is 1140 g/mol. The summed E-state index contributed by atoms with van der Waals surface area (Å²) < 4.78 is 21.3. The molecule has 0 aromatic rings. The first-order valence-electron chi connectivity index (χ1n) is 28.9. The van der Waals surface area contributed by atoms with Crippen molar-refractivity contribution in [2.24, 2.45) is 11.8 Å². The van der Waals surface area contributed by atoms with Crippen molar-refractivity contribution >= 4 is 65.0 Å². The van der Waals surface area contributed by atoms with Crippen molar-refractivity contribution in [3.05, 3.63) is 0 Å². The van der Waals surface area contributed by atoms with Crippen LogP contribution in [0, 0.1) is 11.8 Å². The lowest BCUT2D eigenvalue weighted by Gasteiger charge is -2.16. The van der Waals surface area contributed by atoms with Crippen LogP contribution in [0.3, 0.4) is 0 Å². The third kappa shape index (κ3) is 47.2. The van der Waals surface area contributed by atoms with Crippen LogP contribution in [-0.2, 0) is 71.7 Å². The van der Waals surface area contributed by atoms with Gasteiger partial charge in [0.25, 0.3) is 0 Å². The van der Waals surface area contributed by atoms with Gasteiger partial charge in [0.1, 0.15) is 31.1 Å². The molecule has 80 heavy (non-hydrogen) atoms. The topological polar surface area (TPSA) is 366 Å². The van der Waals surface area contributed by atoms with Crippen LogP contribution in [0.4, 0.5) is 0 Å². The minimum atomic E-state index is -1.29. The normalized spacial score (nSPS) is 12.6. The van der Waals surface area contributed by atoms with Gasteiger partial charge in [0.2, 0.25) is 29.5 Å². The molecule has 24 nitrogen and oxygen atoms in total. The molecule has 0 aliphatic heterocycles. The maximum Gasteiger partial charge on any atom is 0.326 e. The highest BCUT2D eigenvalue weighted by atomic mass is 16.5. The molecule has 0 rings (SSSR count). The molecule has 5 amide bonds. The second kappa shape index (κ2) is 50.4. The summed E-state index contributed by atoms with van der Waals surface area (Å²) in [5.74, 6) is -8.09. The first-order valence-corrected chi connectivity index (χ1v) is 28.9. The molecule has 0 saturated carbocycles. The van der Waals surface area contributed by atoms with Gasteiger partial charge < -0.3 is 66.0 Å². The van der Waals surface area contributed by atoms with Crippen LogP contribution < -0.4 is 26.6 Å². The van der Waals surface area contributed by atoms with Crippen LogP contribution in [0.1, 0.15) is 194 Å². The Morgan fingerprint density at radius 3 is 1.31 bits per heavy atom. The van der Waals surface area contributed by atoms with Gasteiger partial charge >= 0.3 is 23.9 Å². The molecular weight excluding hydrogens is 1050 g/mol.